The van der Waals surface area contributed by atoms with E-state index in [-0.39, 0.29) is 23.9 Å². The minimum absolute atomic E-state index is 0.0517. The summed E-state index contributed by atoms with van der Waals surface area (Å²) < 4.78 is 19.0. The Morgan fingerprint density at radius 1 is 1.33 bits per heavy atom. The summed E-state index contributed by atoms with van der Waals surface area (Å²) in [4.78, 5) is 20.2. The lowest BCUT2D eigenvalue weighted by molar-refractivity contribution is -0.129. The van der Waals surface area contributed by atoms with Crippen LogP contribution in [0, 0.1) is 23.6 Å². The number of carbonyl (C=O) groups excluding carboxylic acids is 1. The molecule has 24 heavy (non-hydrogen) atoms. The molecule has 4 aliphatic carbocycles. The predicted octanol–water partition coefficient (Wildman–Crippen LogP) is 2.80. The number of halogens is 1. The molecule has 4 saturated carbocycles. The van der Waals surface area contributed by atoms with Gasteiger partial charge < -0.3 is 10.1 Å². The number of hydrogen-bond donors (Lipinski definition) is 1. The van der Waals surface area contributed by atoms with Crippen LogP contribution in [0.15, 0.2) is 11.4 Å². The fourth-order valence-corrected chi connectivity index (χ4v) is 5.60. The Labute approximate surface area is 145 Å². The molecule has 0 radical (unpaired) electrons. The minimum atomic E-state index is -0.643. The largest absolute Gasteiger partial charge is 0.465 e. The van der Waals surface area contributed by atoms with Gasteiger partial charge in [-0.15, -0.1) is 0 Å². The van der Waals surface area contributed by atoms with E-state index >= 15 is 0 Å². The van der Waals surface area contributed by atoms with Crippen LogP contribution in [0.5, 0.6) is 5.88 Å². The molecule has 5 nitrogen and oxygen atoms in total. The Kier molecular flexibility index (Phi) is 4.14. The molecule has 0 aliphatic heterocycles. The van der Waals surface area contributed by atoms with Gasteiger partial charge in [0.05, 0.1) is 6.20 Å². The van der Waals surface area contributed by atoms with Crippen LogP contribution in [0.25, 0.3) is 0 Å². The van der Waals surface area contributed by atoms with Crippen molar-refractivity contribution >= 4 is 17.7 Å². The summed E-state index contributed by atoms with van der Waals surface area (Å²) in [5, 5.41) is 3.63. The first-order valence-electron chi connectivity index (χ1n) is 8.55. The number of ether oxygens (including phenoxy) is 1. The van der Waals surface area contributed by atoms with Gasteiger partial charge in [-0.25, -0.2) is 4.98 Å². The molecule has 1 heterocycles. The lowest BCUT2D eigenvalue weighted by atomic mass is 9.53. The van der Waals surface area contributed by atoms with E-state index in [1.807, 2.05) is 0 Å². The Morgan fingerprint density at radius 2 is 1.96 bits per heavy atom. The number of thioether (sulfide) groups is 1. The maximum absolute atomic E-state index is 13.7. The number of carbonyl (C=O) groups is 1. The standard InChI is InChI=1S/C17H22FN3O2S/c1-24-16-19-8-13(18)15(20-16)23-9-14(22)21-17-5-10-2-11(6-17)4-12(3-10)7-17/h8,10-12H,2-7,9H2,1H3,(H,21,22). The number of rotatable bonds is 5. The van der Waals surface area contributed by atoms with Gasteiger partial charge in [-0.1, -0.05) is 11.8 Å². The van der Waals surface area contributed by atoms with Crippen LogP contribution in [-0.2, 0) is 4.79 Å². The molecule has 1 amide bonds. The smallest absolute Gasteiger partial charge is 0.258 e. The Bertz CT molecular complexity index is 619. The van der Waals surface area contributed by atoms with Gasteiger partial charge in [0.2, 0.25) is 5.82 Å². The van der Waals surface area contributed by atoms with Crippen LogP contribution in [-0.4, -0.2) is 34.3 Å². The summed E-state index contributed by atoms with van der Waals surface area (Å²) in [5.74, 6) is 1.31. The fraction of sp³-hybridized carbons (Fsp3) is 0.706. The van der Waals surface area contributed by atoms with Crippen molar-refractivity contribution in [3.05, 3.63) is 12.0 Å². The van der Waals surface area contributed by atoms with E-state index in [9.17, 15) is 9.18 Å². The summed E-state index contributed by atoms with van der Waals surface area (Å²) in [5.41, 5.74) is -0.0517. The second kappa shape index (κ2) is 6.17. The molecule has 5 rings (SSSR count). The van der Waals surface area contributed by atoms with Crippen LogP contribution in [0.4, 0.5) is 4.39 Å². The van der Waals surface area contributed by atoms with Crippen LogP contribution >= 0.6 is 11.8 Å². The molecule has 0 aromatic carbocycles. The van der Waals surface area contributed by atoms with E-state index in [1.54, 1.807) is 6.26 Å². The summed E-state index contributed by atoms with van der Waals surface area (Å²) in [6.07, 6.45) is 10.1. The molecule has 4 aliphatic rings. The third-order valence-electron chi connectivity index (χ3n) is 5.66. The highest BCUT2D eigenvalue weighted by atomic mass is 32.2. The van der Waals surface area contributed by atoms with Crippen molar-refractivity contribution in [3.63, 3.8) is 0 Å². The van der Waals surface area contributed by atoms with E-state index in [1.165, 1.54) is 31.0 Å². The molecule has 0 saturated heterocycles. The van der Waals surface area contributed by atoms with Crippen molar-refractivity contribution in [2.45, 2.75) is 49.2 Å². The number of hydrogen-bond acceptors (Lipinski definition) is 5. The van der Waals surface area contributed by atoms with E-state index in [2.05, 4.69) is 15.3 Å². The highest BCUT2D eigenvalue weighted by Gasteiger charge is 2.51. The number of nitrogens with one attached hydrogen (secondary N) is 1. The molecule has 130 valence electrons. The SMILES string of the molecule is CSc1ncc(F)c(OCC(=O)NC23CC4CC(CC(C4)C2)C3)n1. The maximum Gasteiger partial charge on any atom is 0.258 e. The van der Waals surface area contributed by atoms with Gasteiger partial charge in [-0.05, 0) is 62.5 Å². The normalized spacial score (nSPS) is 33.5. The zero-order valence-corrected chi connectivity index (χ0v) is 14.6. The number of nitrogens with zero attached hydrogens (tertiary/aromatic N) is 2. The van der Waals surface area contributed by atoms with Gasteiger partial charge in [-0.3, -0.25) is 4.79 Å². The summed E-state index contributed by atoms with van der Waals surface area (Å²) in [6, 6.07) is 0. The summed E-state index contributed by atoms with van der Waals surface area (Å²) in [7, 11) is 0. The van der Waals surface area contributed by atoms with Crippen molar-refractivity contribution in [2.75, 3.05) is 12.9 Å². The van der Waals surface area contributed by atoms with Gasteiger partial charge in [0.1, 0.15) is 0 Å². The third-order valence-corrected chi connectivity index (χ3v) is 6.22. The summed E-state index contributed by atoms with van der Waals surface area (Å²) >= 11 is 1.30. The van der Waals surface area contributed by atoms with E-state index in [0.717, 1.165) is 43.2 Å². The quantitative estimate of drug-likeness (QED) is 0.653. The monoisotopic (exact) mass is 351 g/mol. The molecule has 7 heteroatoms. The van der Waals surface area contributed by atoms with Crippen LogP contribution in [0.2, 0.25) is 0 Å². The minimum Gasteiger partial charge on any atom is -0.465 e. The second-order valence-corrected chi connectivity index (χ2v) is 8.32. The first-order valence-corrected chi connectivity index (χ1v) is 9.78. The van der Waals surface area contributed by atoms with E-state index in [0.29, 0.717) is 5.16 Å². The predicted molar refractivity (Wildman–Crippen MR) is 88.3 cm³/mol. The first kappa shape index (κ1) is 16.1. The Balaban J connectivity index is 1.37. The average molecular weight is 351 g/mol. The number of aromatic nitrogens is 2. The van der Waals surface area contributed by atoms with Crippen molar-refractivity contribution < 1.29 is 13.9 Å². The van der Waals surface area contributed by atoms with Crippen molar-refractivity contribution in [1.29, 1.82) is 0 Å². The van der Waals surface area contributed by atoms with Crippen molar-refractivity contribution in [1.82, 2.24) is 15.3 Å². The topological polar surface area (TPSA) is 64.1 Å². The van der Waals surface area contributed by atoms with E-state index in [4.69, 9.17) is 4.74 Å². The highest BCUT2D eigenvalue weighted by Crippen LogP contribution is 2.55. The van der Waals surface area contributed by atoms with Crippen molar-refractivity contribution in [3.8, 4) is 5.88 Å². The van der Waals surface area contributed by atoms with Gasteiger partial charge in [0.15, 0.2) is 11.8 Å². The first-order chi connectivity index (χ1) is 11.5. The zero-order chi connectivity index (χ0) is 16.7. The molecule has 0 atom stereocenters. The second-order valence-electron chi connectivity index (χ2n) is 7.54. The average Bonchev–Trinajstić information content (AvgIpc) is 2.52. The molecule has 0 unspecified atom stereocenters. The summed E-state index contributed by atoms with van der Waals surface area (Å²) in [6.45, 7) is -0.205. The lowest BCUT2D eigenvalue weighted by Gasteiger charge is -2.56. The van der Waals surface area contributed by atoms with Gasteiger partial charge >= 0.3 is 0 Å². The molecular weight excluding hydrogens is 329 g/mol. The molecule has 4 fully saturated rings. The molecule has 1 aromatic heterocycles. The Morgan fingerprint density at radius 3 is 2.54 bits per heavy atom. The van der Waals surface area contributed by atoms with Crippen LogP contribution in [0.1, 0.15) is 38.5 Å². The third kappa shape index (κ3) is 3.10. The fourth-order valence-electron chi connectivity index (χ4n) is 5.27. The van der Waals surface area contributed by atoms with Crippen LogP contribution in [0.3, 0.4) is 0 Å². The Hall–Kier alpha value is -1.37. The number of amides is 1. The lowest BCUT2D eigenvalue weighted by Crippen LogP contribution is -2.60. The zero-order valence-electron chi connectivity index (χ0n) is 13.8. The highest BCUT2D eigenvalue weighted by molar-refractivity contribution is 7.98. The molecule has 1 aromatic rings. The van der Waals surface area contributed by atoms with Gasteiger partial charge in [0.25, 0.3) is 11.8 Å². The van der Waals surface area contributed by atoms with Gasteiger partial charge in [-0.2, -0.15) is 9.37 Å². The van der Waals surface area contributed by atoms with Crippen molar-refractivity contribution in [2.24, 2.45) is 17.8 Å². The molecule has 4 bridgehead atoms. The molecule has 0 spiro atoms. The van der Waals surface area contributed by atoms with Gasteiger partial charge in [0, 0.05) is 5.54 Å². The van der Waals surface area contributed by atoms with Crippen LogP contribution < -0.4 is 10.1 Å². The van der Waals surface area contributed by atoms with E-state index < -0.39 is 5.82 Å². The molecule has 1 N–H and O–H groups in total. The molecular formula is C17H22FN3O2S. The maximum atomic E-state index is 13.7.